The van der Waals surface area contributed by atoms with Gasteiger partial charge in [0, 0.05) is 6.20 Å². The first-order valence-electron chi connectivity index (χ1n) is 7.66. The summed E-state index contributed by atoms with van der Waals surface area (Å²) < 4.78 is 37.8. The number of pyridine rings is 1. The van der Waals surface area contributed by atoms with Gasteiger partial charge in [0.2, 0.25) is 0 Å². The maximum atomic E-state index is 12.6. The largest absolute Gasteiger partial charge is 0.433 e. The fourth-order valence-electron chi connectivity index (χ4n) is 2.36. The summed E-state index contributed by atoms with van der Waals surface area (Å²) in [7, 11) is 0. The zero-order chi connectivity index (χ0) is 18.6. The minimum Gasteiger partial charge on any atom is -0.343 e. The van der Waals surface area contributed by atoms with Crippen LogP contribution in [0.4, 0.5) is 13.2 Å². The van der Waals surface area contributed by atoms with E-state index in [9.17, 15) is 18.0 Å². The SMILES string of the molecule is O=C(N[C@H](Cn1nccn1)c1ccccc1)c1ccc(C(F)(F)F)nc1. The number of aromatic nitrogens is 4. The van der Waals surface area contributed by atoms with Crippen molar-refractivity contribution < 1.29 is 18.0 Å². The van der Waals surface area contributed by atoms with Gasteiger partial charge in [-0.1, -0.05) is 30.3 Å². The second-order valence-corrected chi connectivity index (χ2v) is 5.45. The molecule has 1 N–H and O–H groups in total. The van der Waals surface area contributed by atoms with Crippen LogP contribution < -0.4 is 5.32 Å². The number of carbonyl (C=O) groups excluding carboxylic acids is 1. The summed E-state index contributed by atoms with van der Waals surface area (Å²) in [5.41, 5.74) is -0.195. The summed E-state index contributed by atoms with van der Waals surface area (Å²) >= 11 is 0. The smallest absolute Gasteiger partial charge is 0.343 e. The van der Waals surface area contributed by atoms with Gasteiger partial charge >= 0.3 is 6.18 Å². The lowest BCUT2D eigenvalue weighted by molar-refractivity contribution is -0.141. The van der Waals surface area contributed by atoms with Gasteiger partial charge in [0.25, 0.3) is 5.91 Å². The predicted molar refractivity (Wildman–Crippen MR) is 85.9 cm³/mol. The van der Waals surface area contributed by atoms with E-state index in [0.717, 1.165) is 23.9 Å². The molecule has 0 saturated heterocycles. The number of benzene rings is 1. The highest BCUT2D eigenvalue weighted by atomic mass is 19.4. The number of amides is 1. The van der Waals surface area contributed by atoms with Crippen molar-refractivity contribution in [2.45, 2.75) is 18.8 Å². The van der Waals surface area contributed by atoms with Crippen LogP contribution in [-0.4, -0.2) is 25.9 Å². The molecule has 0 aliphatic heterocycles. The molecule has 2 heterocycles. The standard InChI is InChI=1S/C17H14F3N5O/c18-17(19,20)15-7-6-13(10-21-15)16(26)24-14(11-25-22-8-9-23-25)12-4-2-1-3-5-12/h1-10,14H,11H2,(H,24,26)/t14-/m1/s1. The van der Waals surface area contributed by atoms with Crippen molar-refractivity contribution in [3.8, 4) is 0 Å². The molecule has 3 aromatic rings. The predicted octanol–water partition coefficient (Wildman–Crippen LogP) is 2.86. The molecular formula is C17H14F3N5O. The third-order valence-corrected chi connectivity index (χ3v) is 3.64. The van der Waals surface area contributed by atoms with E-state index < -0.39 is 23.8 Å². The van der Waals surface area contributed by atoms with Crippen molar-refractivity contribution in [3.63, 3.8) is 0 Å². The van der Waals surface area contributed by atoms with E-state index >= 15 is 0 Å². The summed E-state index contributed by atoms with van der Waals surface area (Å²) in [6.07, 6.45) is -0.604. The second kappa shape index (κ2) is 7.34. The molecule has 0 bridgehead atoms. The molecule has 26 heavy (non-hydrogen) atoms. The molecule has 0 aliphatic carbocycles. The van der Waals surface area contributed by atoms with Crippen LogP contribution in [-0.2, 0) is 12.7 Å². The third kappa shape index (κ3) is 4.24. The van der Waals surface area contributed by atoms with Crippen LogP contribution in [0.15, 0.2) is 61.1 Å². The number of halogens is 3. The number of hydrogen-bond acceptors (Lipinski definition) is 4. The van der Waals surface area contributed by atoms with Crippen LogP contribution in [0, 0.1) is 0 Å². The van der Waals surface area contributed by atoms with Crippen LogP contribution >= 0.6 is 0 Å². The molecule has 0 aliphatic rings. The molecule has 1 amide bonds. The van der Waals surface area contributed by atoms with Crippen LogP contribution in [0.3, 0.4) is 0 Å². The number of rotatable bonds is 5. The monoisotopic (exact) mass is 361 g/mol. The topological polar surface area (TPSA) is 72.7 Å². The van der Waals surface area contributed by atoms with E-state index in [0.29, 0.717) is 0 Å². The number of alkyl halides is 3. The van der Waals surface area contributed by atoms with E-state index in [2.05, 4.69) is 20.5 Å². The molecule has 0 unspecified atom stereocenters. The number of carbonyl (C=O) groups is 1. The summed E-state index contributed by atoms with van der Waals surface area (Å²) in [5, 5.41) is 10.8. The summed E-state index contributed by atoms with van der Waals surface area (Å²) in [6.45, 7) is 0.275. The van der Waals surface area contributed by atoms with Crippen LogP contribution in [0.25, 0.3) is 0 Å². The van der Waals surface area contributed by atoms with Gasteiger partial charge in [0.15, 0.2) is 0 Å². The summed E-state index contributed by atoms with van der Waals surface area (Å²) in [6, 6.07) is 10.6. The van der Waals surface area contributed by atoms with Crippen molar-refractivity contribution in [3.05, 3.63) is 77.9 Å². The lowest BCUT2D eigenvalue weighted by atomic mass is 10.1. The quantitative estimate of drug-likeness (QED) is 0.758. The van der Waals surface area contributed by atoms with Gasteiger partial charge in [-0.05, 0) is 17.7 Å². The molecule has 1 aromatic carbocycles. The third-order valence-electron chi connectivity index (χ3n) is 3.64. The second-order valence-electron chi connectivity index (χ2n) is 5.45. The van der Waals surface area contributed by atoms with Crippen LogP contribution in [0.2, 0.25) is 0 Å². The molecule has 0 radical (unpaired) electrons. The van der Waals surface area contributed by atoms with E-state index in [1.807, 2.05) is 30.3 Å². The average molecular weight is 361 g/mol. The average Bonchev–Trinajstić information content (AvgIpc) is 3.14. The van der Waals surface area contributed by atoms with E-state index in [1.165, 1.54) is 17.2 Å². The van der Waals surface area contributed by atoms with Crippen molar-refractivity contribution in [2.24, 2.45) is 0 Å². The molecule has 9 heteroatoms. The van der Waals surface area contributed by atoms with Gasteiger partial charge in [-0.3, -0.25) is 9.78 Å². The molecular weight excluding hydrogens is 347 g/mol. The Labute approximate surface area is 146 Å². The summed E-state index contributed by atoms with van der Waals surface area (Å²) in [4.78, 5) is 17.2. The lowest BCUT2D eigenvalue weighted by Gasteiger charge is -2.19. The molecule has 1 atom stereocenters. The van der Waals surface area contributed by atoms with Gasteiger partial charge in [0.1, 0.15) is 5.69 Å². The van der Waals surface area contributed by atoms with Gasteiger partial charge in [-0.2, -0.15) is 28.2 Å². The van der Waals surface area contributed by atoms with Crippen molar-refractivity contribution in [1.29, 1.82) is 0 Å². The first-order valence-corrected chi connectivity index (χ1v) is 7.66. The number of nitrogens with zero attached hydrogens (tertiary/aromatic N) is 4. The molecule has 0 saturated carbocycles. The van der Waals surface area contributed by atoms with Crippen molar-refractivity contribution >= 4 is 5.91 Å². The van der Waals surface area contributed by atoms with Gasteiger partial charge in [-0.25, -0.2) is 0 Å². The number of hydrogen-bond donors (Lipinski definition) is 1. The Morgan fingerprint density at radius 3 is 2.35 bits per heavy atom. The molecule has 134 valence electrons. The molecule has 2 aromatic heterocycles. The zero-order valence-electron chi connectivity index (χ0n) is 13.4. The fraction of sp³-hybridized carbons (Fsp3) is 0.176. The fourth-order valence-corrected chi connectivity index (χ4v) is 2.36. The highest BCUT2D eigenvalue weighted by Gasteiger charge is 2.32. The molecule has 0 fully saturated rings. The first-order chi connectivity index (χ1) is 12.4. The van der Waals surface area contributed by atoms with E-state index in [4.69, 9.17) is 0 Å². The van der Waals surface area contributed by atoms with Gasteiger partial charge in [-0.15, -0.1) is 0 Å². The minimum atomic E-state index is -4.55. The van der Waals surface area contributed by atoms with Crippen molar-refractivity contribution in [1.82, 2.24) is 25.3 Å². The van der Waals surface area contributed by atoms with E-state index in [1.54, 1.807) is 0 Å². The first kappa shape index (κ1) is 17.6. The lowest BCUT2D eigenvalue weighted by Crippen LogP contribution is -2.32. The molecule has 6 nitrogen and oxygen atoms in total. The van der Waals surface area contributed by atoms with Crippen molar-refractivity contribution in [2.75, 3.05) is 0 Å². The molecule has 0 spiro atoms. The Morgan fingerprint density at radius 1 is 1.08 bits per heavy atom. The maximum Gasteiger partial charge on any atom is 0.433 e. The zero-order valence-corrected chi connectivity index (χ0v) is 13.4. The summed E-state index contributed by atoms with van der Waals surface area (Å²) in [5.74, 6) is -0.535. The Hall–Kier alpha value is -3.23. The van der Waals surface area contributed by atoms with Gasteiger partial charge < -0.3 is 5.32 Å². The highest BCUT2D eigenvalue weighted by molar-refractivity contribution is 5.94. The maximum absolute atomic E-state index is 12.6. The Kier molecular flexibility index (Phi) is 4.97. The normalized spacial score (nSPS) is 12.6. The highest BCUT2D eigenvalue weighted by Crippen LogP contribution is 2.27. The van der Waals surface area contributed by atoms with Crippen LogP contribution in [0.5, 0.6) is 0 Å². The molecule has 3 rings (SSSR count). The minimum absolute atomic E-state index is 0.0346. The Balaban J connectivity index is 1.78. The van der Waals surface area contributed by atoms with E-state index in [-0.39, 0.29) is 12.1 Å². The van der Waals surface area contributed by atoms with Crippen LogP contribution in [0.1, 0.15) is 27.7 Å². The van der Waals surface area contributed by atoms with Gasteiger partial charge in [0.05, 0.1) is 30.5 Å². The number of nitrogens with one attached hydrogen (secondary N) is 1. The Morgan fingerprint density at radius 2 is 1.77 bits per heavy atom. The Bertz CT molecular complexity index is 848.